The lowest BCUT2D eigenvalue weighted by molar-refractivity contribution is -0.115. The third-order valence-corrected chi connectivity index (χ3v) is 4.24. The van der Waals surface area contributed by atoms with Gasteiger partial charge in [-0.2, -0.15) is 0 Å². The summed E-state index contributed by atoms with van der Waals surface area (Å²) in [5.41, 5.74) is 0.635. The number of hydrogen-bond acceptors (Lipinski definition) is 3. The number of benzene rings is 1. The van der Waals surface area contributed by atoms with Crippen LogP contribution in [0.3, 0.4) is 0 Å². The third-order valence-electron chi connectivity index (χ3n) is 3.61. The third kappa shape index (κ3) is 4.09. The number of aliphatic hydroxyl groups excluding tert-OH is 1. The molecule has 4 nitrogen and oxygen atoms in total. The summed E-state index contributed by atoms with van der Waals surface area (Å²) < 4.78 is 0. The molecule has 0 heterocycles. The van der Waals surface area contributed by atoms with Gasteiger partial charge in [-0.1, -0.05) is 29.3 Å². The molecule has 6 heteroatoms. The molecule has 0 spiro atoms. The van der Waals surface area contributed by atoms with Crippen LogP contribution < -0.4 is 10.6 Å². The summed E-state index contributed by atoms with van der Waals surface area (Å²) in [7, 11) is 0. The highest BCUT2D eigenvalue weighted by molar-refractivity contribution is 6.39. The van der Waals surface area contributed by atoms with E-state index in [-0.39, 0.29) is 24.5 Å². The summed E-state index contributed by atoms with van der Waals surface area (Å²) in [6, 6.07) is 5.08. The lowest BCUT2D eigenvalue weighted by Gasteiger charge is -2.15. The molecule has 2 rings (SSSR count). The summed E-state index contributed by atoms with van der Waals surface area (Å²) >= 11 is 12.0. The van der Waals surface area contributed by atoms with E-state index in [9.17, 15) is 4.79 Å². The Bertz CT molecular complexity index is 470. The molecular weight excluding hydrogens is 299 g/mol. The molecule has 110 valence electrons. The van der Waals surface area contributed by atoms with Crippen molar-refractivity contribution in [3.8, 4) is 0 Å². The smallest absolute Gasteiger partial charge is 0.238 e. The van der Waals surface area contributed by atoms with E-state index in [0.717, 1.165) is 25.8 Å². The fourth-order valence-corrected chi connectivity index (χ4v) is 2.66. The maximum Gasteiger partial charge on any atom is 0.238 e. The van der Waals surface area contributed by atoms with E-state index in [0.29, 0.717) is 15.7 Å². The topological polar surface area (TPSA) is 61.4 Å². The lowest BCUT2D eigenvalue weighted by atomic mass is 10.0. The Morgan fingerprint density at radius 1 is 1.30 bits per heavy atom. The van der Waals surface area contributed by atoms with Gasteiger partial charge in [-0.05, 0) is 36.8 Å². The molecule has 1 amide bonds. The second kappa shape index (κ2) is 6.76. The Morgan fingerprint density at radius 2 is 1.95 bits per heavy atom. The number of nitrogens with one attached hydrogen (secondary N) is 2. The van der Waals surface area contributed by atoms with Gasteiger partial charge in [0.05, 0.1) is 22.3 Å². The van der Waals surface area contributed by atoms with Crippen molar-refractivity contribution in [1.82, 2.24) is 5.32 Å². The Balaban J connectivity index is 1.78. The van der Waals surface area contributed by atoms with Crippen molar-refractivity contribution in [3.05, 3.63) is 28.2 Å². The molecule has 0 unspecified atom stereocenters. The van der Waals surface area contributed by atoms with Crippen LogP contribution in [0.5, 0.6) is 0 Å². The zero-order chi connectivity index (χ0) is 14.6. The normalized spacial score (nSPS) is 15.9. The molecule has 0 bridgehead atoms. The molecule has 1 fully saturated rings. The molecule has 20 heavy (non-hydrogen) atoms. The predicted molar refractivity (Wildman–Crippen MR) is 81.3 cm³/mol. The van der Waals surface area contributed by atoms with Gasteiger partial charge >= 0.3 is 0 Å². The summed E-state index contributed by atoms with van der Waals surface area (Å²) in [5, 5.41) is 15.6. The molecule has 0 aromatic heterocycles. The molecule has 1 aliphatic carbocycles. The molecule has 1 saturated carbocycles. The van der Waals surface area contributed by atoms with Crippen LogP contribution in [0.2, 0.25) is 10.0 Å². The summed E-state index contributed by atoms with van der Waals surface area (Å²) in [6.45, 7) is 1.15. The zero-order valence-corrected chi connectivity index (χ0v) is 12.6. The van der Waals surface area contributed by atoms with E-state index in [2.05, 4.69) is 10.6 Å². The van der Waals surface area contributed by atoms with Crippen LogP contribution >= 0.6 is 23.2 Å². The molecule has 1 aromatic rings. The van der Waals surface area contributed by atoms with E-state index >= 15 is 0 Å². The fourth-order valence-electron chi connectivity index (χ4n) is 2.17. The largest absolute Gasteiger partial charge is 0.396 e. The van der Waals surface area contributed by atoms with Crippen molar-refractivity contribution in [2.75, 3.05) is 25.0 Å². The molecule has 0 saturated heterocycles. The average molecular weight is 317 g/mol. The van der Waals surface area contributed by atoms with Gasteiger partial charge in [0, 0.05) is 13.2 Å². The first-order valence-electron chi connectivity index (χ1n) is 6.62. The molecule has 0 aliphatic heterocycles. The highest BCUT2D eigenvalue weighted by atomic mass is 35.5. The molecule has 3 N–H and O–H groups in total. The van der Waals surface area contributed by atoms with Gasteiger partial charge in [0.25, 0.3) is 0 Å². The average Bonchev–Trinajstić information content (AvgIpc) is 3.14. The van der Waals surface area contributed by atoms with Crippen molar-refractivity contribution >= 4 is 34.8 Å². The monoisotopic (exact) mass is 316 g/mol. The van der Waals surface area contributed by atoms with Crippen LogP contribution in [0.1, 0.15) is 19.3 Å². The number of para-hydroxylation sites is 1. The first kappa shape index (κ1) is 15.6. The maximum atomic E-state index is 11.8. The number of rotatable bonds is 7. The van der Waals surface area contributed by atoms with E-state index in [4.69, 9.17) is 28.3 Å². The highest BCUT2D eigenvalue weighted by Gasteiger charge is 2.41. The van der Waals surface area contributed by atoms with E-state index in [1.807, 2.05) is 0 Å². The van der Waals surface area contributed by atoms with Crippen LogP contribution in [-0.2, 0) is 4.79 Å². The number of carbonyl (C=O) groups excluding carboxylic acids is 1. The second-order valence-electron chi connectivity index (χ2n) is 5.22. The number of anilines is 1. The Morgan fingerprint density at radius 3 is 2.50 bits per heavy atom. The van der Waals surface area contributed by atoms with Crippen LogP contribution in [0, 0.1) is 5.41 Å². The van der Waals surface area contributed by atoms with E-state index < -0.39 is 0 Å². The van der Waals surface area contributed by atoms with Gasteiger partial charge in [-0.3, -0.25) is 4.79 Å². The first-order valence-corrected chi connectivity index (χ1v) is 7.37. The summed E-state index contributed by atoms with van der Waals surface area (Å²) in [4.78, 5) is 11.8. The van der Waals surface area contributed by atoms with Crippen molar-refractivity contribution in [2.24, 2.45) is 5.41 Å². The first-order chi connectivity index (χ1) is 9.56. The molecule has 1 aromatic carbocycles. The van der Waals surface area contributed by atoms with E-state index in [1.54, 1.807) is 18.2 Å². The summed E-state index contributed by atoms with van der Waals surface area (Å²) in [5.74, 6) is -0.181. The summed E-state index contributed by atoms with van der Waals surface area (Å²) in [6.07, 6.45) is 3.01. The van der Waals surface area contributed by atoms with Gasteiger partial charge < -0.3 is 15.7 Å². The fraction of sp³-hybridized carbons (Fsp3) is 0.500. The number of carbonyl (C=O) groups is 1. The maximum absolute atomic E-state index is 11.8. The van der Waals surface area contributed by atoms with Crippen molar-refractivity contribution in [1.29, 1.82) is 0 Å². The van der Waals surface area contributed by atoms with Gasteiger partial charge in [0.2, 0.25) is 5.91 Å². The number of amides is 1. The van der Waals surface area contributed by atoms with E-state index in [1.165, 1.54) is 0 Å². The second-order valence-corrected chi connectivity index (χ2v) is 6.04. The molecule has 0 radical (unpaired) electrons. The molecular formula is C14H18Cl2N2O2. The van der Waals surface area contributed by atoms with Crippen LogP contribution in [0.25, 0.3) is 0 Å². The Hall–Kier alpha value is -0.810. The quantitative estimate of drug-likeness (QED) is 0.724. The number of halogens is 2. The van der Waals surface area contributed by atoms with Gasteiger partial charge in [-0.25, -0.2) is 0 Å². The van der Waals surface area contributed by atoms with Gasteiger partial charge in [-0.15, -0.1) is 0 Å². The van der Waals surface area contributed by atoms with Crippen molar-refractivity contribution < 1.29 is 9.90 Å². The molecule has 0 atom stereocenters. The lowest BCUT2D eigenvalue weighted by Crippen LogP contribution is -2.32. The zero-order valence-electron chi connectivity index (χ0n) is 11.1. The van der Waals surface area contributed by atoms with Gasteiger partial charge in [0.15, 0.2) is 0 Å². The van der Waals surface area contributed by atoms with Crippen molar-refractivity contribution in [2.45, 2.75) is 19.3 Å². The molecule has 1 aliphatic rings. The SMILES string of the molecule is O=C(CNCC1(CCO)CC1)Nc1c(Cl)cccc1Cl. The minimum atomic E-state index is -0.181. The highest BCUT2D eigenvalue weighted by Crippen LogP contribution is 2.47. The minimum Gasteiger partial charge on any atom is -0.396 e. The van der Waals surface area contributed by atoms with Crippen LogP contribution in [0.15, 0.2) is 18.2 Å². The van der Waals surface area contributed by atoms with Crippen molar-refractivity contribution in [3.63, 3.8) is 0 Å². The minimum absolute atomic E-state index is 0.181. The Kier molecular flexibility index (Phi) is 5.27. The van der Waals surface area contributed by atoms with Crippen LogP contribution in [-0.4, -0.2) is 30.7 Å². The standard InChI is InChI=1S/C14H18Cl2N2O2/c15-10-2-1-3-11(16)13(10)18-12(20)8-17-9-14(4-5-14)6-7-19/h1-3,17,19H,4-9H2,(H,18,20). The van der Waals surface area contributed by atoms with Gasteiger partial charge in [0.1, 0.15) is 0 Å². The Labute approximate surface area is 128 Å². The van der Waals surface area contributed by atoms with Crippen LogP contribution in [0.4, 0.5) is 5.69 Å². The predicted octanol–water partition coefficient (Wildman–Crippen LogP) is 2.68. The number of hydrogen-bond donors (Lipinski definition) is 3. The number of aliphatic hydroxyl groups is 1.